The van der Waals surface area contributed by atoms with Crippen molar-refractivity contribution in [2.45, 2.75) is 37.9 Å². The molecule has 1 fully saturated rings. The standard InChI is InChI=1S/C18H19FO2/c1-18(20,12-13-4-2-6-15(19)10-13)14-5-3-7-17(11-14)21-16-8-9-16/h2-7,10-11,16,20H,8-9,12H2,1H3. The smallest absolute Gasteiger partial charge is 0.123 e. The summed E-state index contributed by atoms with van der Waals surface area (Å²) in [6.07, 6.45) is 2.89. The minimum atomic E-state index is -1.06. The van der Waals surface area contributed by atoms with E-state index in [9.17, 15) is 9.50 Å². The first-order valence-electron chi connectivity index (χ1n) is 7.27. The first-order valence-corrected chi connectivity index (χ1v) is 7.27. The average molecular weight is 286 g/mol. The fourth-order valence-corrected chi connectivity index (χ4v) is 2.43. The van der Waals surface area contributed by atoms with Crippen molar-refractivity contribution in [3.05, 3.63) is 65.5 Å². The summed E-state index contributed by atoms with van der Waals surface area (Å²) < 4.78 is 19.0. The molecule has 1 aliphatic carbocycles. The van der Waals surface area contributed by atoms with Gasteiger partial charge in [-0.25, -0.2) is 4.39 Å². The average Bonchev–Trinajstić information content (AvgIpc) is 3.22. The number of hydrogen-bond acceptors (Lipinski definition) is 2. The highest BCUT2D eigenvalue weighted by Gasteiger charge is 2.26. The molecule has 0 aromatic heterocycles. The molecular formula is C18H19FO2. The van der Waals surface area contributed by atoms with E-state index < -0.39 is 5.60 Å². The van der Waals surface area contributed by atoms with Gasteiger partial charge in [0, 0.05) is 6.42 Å². The molecule has 2 aromatic carbocycles. The molecule has 1 unspecified atom stereocenters. The number of rotatable bonds is 5. The van der Waals surface area contributed by atoms with Crippen LogP contribution in [0.25, 0.3) is 0 Å². The topological polar surface area (TPSA) is 29.5 Å². The second-order valence-electron chi connectivity index (χ2n) is 5.93. The maximum atomic E-state index is 13.3. The fraction of sp³-hybridized carbons (Fsp3) is 0.333. The highest BCUT2D eigenvalue weighted by molar-refractivity contribution is 5.34. The van der Waals surface area contributed by atoms with E-state index in [2.05, 4.69) is 0 Å². The van der Waals surface area contributed by atoms with Gasteiger partial charge in [-0.15, -0.1) is 0 Å². The van der Waals surface area contributed by atoms with Gasteiger partial charge in [-0.3, -0.25) is 0 Å². The van der Waals surface area contributed by atoms with Crippen LogP contribution in [-0.2, 0) is 12.0 Å². The van der Waals surface area contributed by atoms with Crippen LogP contribution < -0.4 is 4.74 Å². The molecule has 0 saturated heterocycles. The van der Waals surface area contributed by atoms with Gasteiger partial charge in [0.1, 0.15) is 11.6 Å². The van der Waals surface area contributed by atoms with E-state index in [1.807, 2.05) is 30.3 Å². The summed E-state index contributed by atoms with van der Waals surface area (Å²) in [7, 11) is 0. The van der Waals surface area contributed by atoms with Crippen LogP contribution in [0.1, 0.15) is 30.9 Å². The second-order valence-corrected chi connectivity index (χ2v) is 5.93. The zero-order chi connectivity index (χ0) is 14.9. The number of benzene rings is 2. The lowest BCUT2D eigenvalue weighted by Crippen LogP contribution is -2.24. The minimum Gasteiger partial charge on any atom is -0.490 e. The molecule has 3 rings (SSSR count). The molecule has 1 saturated carbocycles. The maximum absolute atomic E-state index is 13.3. The highest BCUT2D eigenvalue weighted by Crippen LogP contribution is 2.31. The molecule has 0 radical (unpaired) electrons. The lowest BCUT2D eigenvalue weighted by atomic mass is 9.89. The van der Waals surface area contributed by atoms with E-state index in [0.717, 1.165) is 29.7 Å². The van der Waals surface area contributed by atoms with E-state index in [-0.39, 0.29) is 5.82 Å². The van der Waals surface area contributed by atoms with Crippen LogP contribution in [0.2, 0.25) is 0 Å². The summed E-state index contributed by atoms with van der Waals surface area (Å²) in [6, 6.07) is 13.9. The van der Waals surface area contributed by atoms with Crippen LogP contribution >= 0.6 is 0 Å². The van der Waals surface area contributed by atoms with Gasteiger partial charge in [-0.05, 0) is 55.2 Å². The second kappa shape index (κ2) is 5.49. The molecule has 2 nitrogen and oxygen atoms in total. The molecule has 1 N–H and O–H groups in total. The molecule has 21 heavy (non-hydrogen) atoms. The molecular weight excluding hydrogens is 267 g/mol. The highest BCUT2D eigenvalue weighted by atomic mass is 19.1. The van der Waals surface area contributed by atoms with E-state index in [0.29, 0.717) is 12.5 Å². The molecule has 1 atom stereocenters. The summed E-state index contributed by atoms with van der Waals surface area (Å²) in [4.78, 5) is 0. The van der Waals surface area contributed by atoms with E-state index in [1.165, 1.54) is 12.1 Å². The van der Waals surface area contributed by atoms with E-state index in [1.54, 1.807) is 13.0 Å². The van der Waals surface area contributed by atoms with Crippen LogP contribution in [0.3, 0.4) is 0 Å². The van der Waals surface area contributed by atoms with Crippen molar-refractivity contribution < 1.29 is 14.2 Å². The monoisotopic (exact) mass is 286 g/mol. The van der Waals surface area contributed by atoms with Crippen molar-refractivity contribution in [1.29, 1.82) is 0 Å². The Bertz CT molecular complexity index is 633. The van der Waals surface area contributed by atoms with Crippen molar-refractivity contribution in [2.75, 3.05) is 0 Å². The third kappa shape index (κ3) is 3.61. The Labute approximate surface area is 124 Å². The lowest BCUT2D eigenvalue weighted by molar-refractivity contribution is 0.0572. The Morgan fingerprint density at radius 3 is 2.67 bits per heavy atom. The van der Waals surface area contributed by atoms with E-state index in [4.69, 9.17) is 4.74 Å². The van der Waals surface area contributed by atoms with Gasteiger partial charge in [-0.2, -0.15) is 0 Å². The van der Waals surface area contributed by atoms with Crippen molar-refractivity contribution in [3.63, 3.8) is 0 Å². The first-order chi connectivity index (χ1) is 10.0. The predicted octanol–water partition coefficient (Wildman–Crippen LogP) is 3.82. The lowest BCUT2D eigenvalue weighted by Gasteiger charge is -2.24. The Balaban J connectivity index is 1.79. The van der Waals surface area contributed by atoms with Crippen LogP contribution in [0.4, 0.5) is 4.39 Å². The van der Waals surface area contributed by atoms with Gasteiger partial charge in [-0.1, -0.05) is 24.3 Å². The molecule has 0 heterocycles. The van der Waals surface area contributed by atoms with Gasteiger partial charge in [0.2, 0.25) is 0 Å². The van der Waals surface area contributed by atoms with Crippen molar-refractivity contribution in [3.8, 4) is 5.75 Å². The Morgan fingerprint density at radius 1 is 1.19 bits per heavy atom. The number of aliphatic hydroxyl groups is 1. The first kappa shape index (κ1) is 14.1. The van der Waals surface area contributed by atoms with Gasteiger partial charge in [0.25, 0.3) is 0 Å². The zero-order valence-corrected chi connectivity index (χ0v) is 12.1. The maximum Gasteiger partial charge on any atom is 0.123 e. The van der Waals surface area contributed by atoms with Gasteiger partial charge in [0.15, 0.2) is 0 Å². The summed E-state index contributed by atoms with van der Waals surface area (Å²) in [5, 5.41) is 10.7. The van der Waals surface area contributed by atoms with Gasteiger partial charge >= 0.3 is 0 Å². The third-order valence-corrected chi connectivity index (χ3v) is 3.72. The van der Waals surface area contributed by atoms with Crippen molar-refractivity contribution >= 4 is 0 Å². The van der Waals surface area contributed by atoms with E-state index >= 15 is 0 Å². The number of ether oxygens (including phenoxy) is 1. The Kier molecular flexibility index (Phi) is 3.68. The number of hydrogen-bond donors (Lipinski definition) is 1. The van der Waals surface area contributed by atoms with Crippen molar-refractivity contribution in [1.82, 2.24) is 0 Å². The van der Waals surface area contributed by atoms with Crippen LogP contribution in [0.15, 0.2) is 48.5 Å². The SMILES string of the molecule is CC(O)(Cc1cccc(F)c1)c1cccc(OC2CC2)c1. The Hall–Kier alpha value is -1.87. The molecule has 0 bridgehead atoms. The quantitative estimate of drug-likeness (QED) is 0.905. The minimum absolute atomic E-state index is 0.283. The van der Waals surface area contributed by atoms with Crippen LogP contribution in [0, 0.1) is 5.82 Å². The molecule has 2 aromatic rings. The number of halogens is 1. The summed E-state index contributed by atoms with van der Waals surface area (Å²) in [6.45, 7) is 1.74. The molecule has 0 spiro atoms. The van der Waals surface area contributed by atoms with Crippen molar-refractivity contribution in [2.24, 2.45) is 0 Å². The summed E-state index contributed by atoms with van der Waals surface area (Å²) >= 11 is 0. The Morgan fingerprint density at radius 2 is 1.95 bits per heavy atom. The van der Waals surface area contributed by atoms with Gasteiger partial charge < -0.3 is 9.84 Å². The van der Waals surface area contributed by atoms with Crippen LogP contribution in [0.5, 0.6) is 5.75 Å². The molecule has 0 amide bonds. The van der Waals surface area contributed by atoms with Gasteiger partial charge in [0.05, 0.1) is 11.7 Å². The third-order valence-electron chi connectivity index (χ3n) is 3.72. The molecule has 110 valence electrons. The summed E-state index contributed by atoms with van der Waals surface area (Å²) in [5.74, 6) is 0.503. The molecule has 1 aliphatic rings. The fourth-order valence-electron chi connectivity index (χ4n) is 2.43. The van der Waals surface area contributed by atoms with Crippen LogP contribution in [-0.4, -0.2) is 11.2 Å². The summed E-state index contributed by atoms with van der Waals surface area (Å²) in [5.41, 5.74) is 0.495. The largest absolute Gasteiger partial charge is 0.490 e. The molecule has 0 aliphatic heterocycles. The molecule has 3 heteroatoms. The zero-order valence-electron chi connectivity index (χ0n) is 12.1. The predicted molar refractivity (Wildman–Crippen MR) is 79.8 cm³/mol. The normalized spacial score (nSPS) is 17.3.